The van der Waals surface area contributed by atoms with Crippen LogP contribution in [0.5, 0.6) is 0 Å². The first-order chi connectivity index (χ1) is 10.5. The predicted molar refractivity (Wildman–Crippen MR) is 88.9 cm³/mol. The largest absolute Gasteiger partial charge is 0.336 e. The molecule has 5 heteroatoms. The van der Waals surface area contributed by atoms with Crippen molar-refractivity contribution in [2.75, 3.05) is 32.2 Å². The van der Waals surface area contributed by atoms with Gasteiger partial charge in [-0.3, -0.25) is 20.0 Å². The zero-order valence-corrected chi connectivity index (χ0v) is 14.0. The van der Waals surface area contributed by atoms with Crippen molar-refractivity contribution in [3.05, 3.63) is 29.8 Å². The molecular weight excluding hydrogens is 278 g/mol. The van der Waals surface area contributed by atoms with Crippen LogP contribution < -0.4 is 5.48 Å². The molecule has 1 aromatic carbocycles. The van der Waals surface area contributed by atoms with E-state index in [1.165, 1.54) is 0 Å². The number of rotatable bonds is 5. The summed E-state index contributed by atoms with van der Waals surface area (Å²) in [5, 5.41) is 0. The van der Waals surface area contributed by atoms with E-state index in [0.717, 1.165) is 30.8 Å². The number of benzene rings is 1. The topological polar surface area (TPSA) is 44.8 Å². The van der Waals surface area contributed by atoms with Crippen LogP contribution in [-0.4, -0.2) is 54.5 Å². The Morgan fingerprint density at radius 3 is 2.36 bits per heavy atom. The van der Waals surface area contributed by atoms with Gasteiger partial charge in [0.25, 0.3) is 5.91 Å². The van der Waals surface area contributed by atoms with E-state index in [2.05, 4.69) is 38.2 Å². The molecule has 1 N–H and O–H groups in total. The lowest BCUT2D eigenvalue weighted by atomic mass is 10.1. The second-order valence-corrected chi connectivity index (χ2v) is 6.10. The van der Waals surface area contributed by atoms with E-state index in [9.17, 15) is 4.79 Å². The van der Waals surface area contributed by atoms with Gasteiger partial charge >= 0.3 is 0 Å². The highest BCUT2D eigenvalue weighted by atomic mass is 16.6. The number of anilines is 1. The number of piperazine rings is 1. The van der Waals surface area contributed by atoms with E-state index in [4.69, 9.17) is 4.84 Å². The van der Waals surface area contributed by atoms with Crippen LogP contribution in [-0.2, 0) is 4.84 Å². The Bertz CT molecular complexity index is 477. The Kier molecular flexibility index (Phi) is 5.80. The lowest BCUT2D eigenvalue weighted by Crippen LogP contribution is -2.56. The molecule has 1 aliphatic rings. The second kappa shape index (κ2) is 7.61. The van der Waals surface area contributed by atoms with Crippen molar-refractivity contribution in [2.45, 2.75) is 39.3 Å². The van der Waals surface area contributed by atoms with Gasteiger partial charge in [0.15, 0.2) is 0 Å². The lowest BCUT2D eigenvalue weighted by Gasteiger charge is -2.42. The van der Waals surface area contributed by atoms with Gasteiger partial charge in [-0.1, -0.05) is 6.92 Å². The van der Waals surface area contributed by atoms with Gasteiger partial charge in [-0.05, 0) is 51.6 Å². The first kappa shape index (κ1) is 16.8. The van der Waals surface area contributed by atoms with Crippen molar-refractivity contribution in [1.29, 1.82) is 0 Å². The van der Waals surface area contributed by atoms with Crippen molar-refractivity contribution < 1.29 is 9.63 Å². The molecule has 5 nitrogen and oxygen atoms in total. The zero-order valence-electron chi connectivity index (χ0n) is 14.0. The summed E-state index contributed by atoms with van der Waals surface area (Å²) in [5.74, 6) is 0.104. The number of hydrogen-bond donors (Lipinski definition) is 1. The second-order valence-electron chi connectivity index (χ2n) is 6.10. The number of hydrogen-bond acceptors (Lipinski definition) is 4. The number of nitrogens with zero attached hydrogens (tertiary/aromatic N) is 2. The maximum absolute atomic E-state index is 12.6. The lowest BCUT2D eigenvalue weighted by molar-refractivity contribution is 0.0414. The summed E-state index contributed by atoms with van der Waals surface area (Å²) in [5.41, 5.74) is 4.47. The van der Waals surface area contributed by atoms with Crippen molar-refractivity contribution in [2.24, 2.45) is 0 Å². The summed E-state index contributed by atoms with van der Waals surface area (Å²) < 4.78 is 0. The van der Waals surface area contributed by atoms with Gasteiger partial charge in [-0.15, -0.1) is 0 Å². The van der Waals surface area contributed by atoms with Crippen LogP contribution in [0.2, 0.25) is 0 Å². The summed E-state index contributed by atoms with van der Waals surface area (Å²) in [4.78, 5) is 22.2. The number of likely N-dealkylation sites (N-methyl/N-ethyl adjacent to an activating group) is 1. The van der Waals surface area contributed by atoms with E-state index in [1.807, 2.05) is 29.2 Å². The molecule has 1 heterocycles. The van der Waals surface area contributed by atoms with Crippen LogP contribution in [0.25, 0.3) is 0 Å². The third-order valence-corrected chi connectivity index (χ3v) is 4.27. The maximum atomic E-state index is 12.6. The molecule has 1 saturated heterocycles. The van der Waals surface area contributed by atoms with Gasteiger partial charge in [-0.2, -0.15) is 0 Å². The van der Waals surface area contributed by atoms with Crippen molar-refractivity contribution in [1.82, 2.24) is 9.80 Å². The molecule has 1 aliphatic heterocycles. The van der Waals surface area contributed by atoms with Crippen LogP contribution in [0.15, 0.2) is 24.3 Å². The molecule has 0 bridgehead atoms. The van der Waals surface area contributed by atoms with Crippen molar-refractivity contribution in [3.63, 3.8) is 0 Å². The Morgan fingerprint density at radius 2 is 1.82 bits per heavy atom. The number of amides is 1. The first-order valence-corrected chi connectivity index (χ1v) is 8.02. The summed E-state index contributed by atoms with van der Waals surface area (Å²) in [6.45, 7) is 8.60. The highest BCUT2D eigenvalue weighted by Crippen LogP contribution is 2.17. The normalized spacial score (nSPS) is 22.6. The van der Waals surface area contributed by atoms with Crippen LogP contribution in [0.1, 0.15) is 37.6 Å². The SMILES string of the molecule is CCCONc1ccc(C(=O)N2CC(C)N(C)C(C)C2)cc1. The molecule has 1 fully saturated rings. The summed E-state index contributed by atoms with van der Waals surface area (Å²) in [6, 6.07) is 8.24. The average molecular weight is 305 g/mol. The molecule has 2 rings (SSSR count). The van der Waals surface area contributed by atoms with Gasteiger partial charge in [-0.25, -0.2) is 0 Å². The van der Waals surface area contributed by atoms with Crippen molar-refractivity contribution >= 4 is 11.6 Å². The minimum Gasteiger partial charge on any atom is -0.336 e. The Balaban J connectivity index is 1.97. The maximum Gasteiger partial charge on any atom is 0.253 e. The van der Waals surface area contributed by atoms with Gasteiger partial charge < -0.3 is 4.90 Å². The molecule has 122 valence electrons. The van der Waals surface area contributed by atoms with Crippen molar-refractivity contribution in [3.8, 4) is 0 Å². The van der Waals surface area contributed by atoms with E-state index in [0.29, 0.717) is 18.7 Å². The zero-order chi connectivity index (χ0) is 16.1. The molecule has 2 atom stereocenters. The van der Waals surface area contributed by atoms with Gasteiger partial charge in [0.1, 0.15) is 0 Å². The third kappa shape index (κ3) is 3.99. The van der Waals surface area contributed by atoms with Crippen LogP contribution in [0.3, 0.4) is 0 Å². The van der Waals surface area contributed by atoms with E-state index < -0.39 is 0 Å². The van der Waals surface area contributed by atoms with Gasteiger partial charge in [0.2, 0.25) is 0 Å². The fourth-order valence-electron chi connectivity index (χ4n) is 2.67. The molecule has 0 spiro atoms. The number of nitrogens with one attached hydrogen (secondary N) is 1. The molecule has 0 aromatic heterocycles. The Labute approximate surface area is 133 Å². The van der Waals surface area contributed by atoms with Crippen LogP contribution >= 0.6 is 0 Å². The molecule has 1 amide bonds. The Morgan fingerprint density at radius 1 is 1.23 bits per heavy atom. The first-order valence-electron chi connectivity index (χ1n) is 8.02. The third-order valence-electron chi connectivity index (χ3n) is 4.27. The number of carbonyl (C=O) groups excluding carboxylic acids is 1. The number of carbonyl (C=O) groups is 1. The quantitative estimate of drug-likeness (QED) is 0.671. The highest BCUT2D eigenvalue weighted by Gasteiger charge is 2.29. The fourth-order valence-corrected chi connectivity index (χ4v) is 2.67. The highest BCUT2D eigenvalue weighted by molar-refractivity contribution is 5.94. The smallest absolute Gasteiger partial charge is 0.253 e. The molecule has 1 aromatic rings. The van der Waals surface area contributed by atoms with Crippen LogP contribution in [0, 0.1) is 0 Å². The standard InChI is InChI=1S/C17H27N3O2/c1-5-10-22-18-16-8-6-15(7-9-16)17(21)20-11-13(2)19(4)14(3)12-20/h6-9,13-14,18H,5,10-12H2,1-4H3. The molecule has 0 aliphatic carbocycles. The summed E-state index contributed by atoms with van der Waals surface area (Å²) >= 11 is 0. The minimum atomic E-state index is 0.104. The van der Waals surface area contributed by atoms with Gasteiger partial charge in [0.05, 0.1) is 12.3 Å². The van der Waals surface area contributed by atoms with Gasteiger partial charge in [0, 0.05) is 30.7 Å². The van der Waals surface area contributed by atoms with Crippen LogP contribution in [0.4, 0.5) is 5.69 Å². The molecule has 0 saturated carbocycles. The summed E-state index contributed by atoms with van der Waals surface area (Å²) in [7, 11) is 2.12. The Hall–Kier alpha value is -1.59. The molecular formula is C17H27N3O2. The predicted octanol–water partition coefficient (Wildman–Crippen LogP) is 2.60. The van der Waals surface area contributed by atoms with E-state index in [1.54, 1.807) is 0 Å². The average Bonchev–Trinajstić information content (AvgIpc) is 2.52. The van der Waals surface area contributed by atoms with E-state index in [-0.39, 0.29) is 5.91 Å². The summed E-state index contributed by atoms with van der Waals surface area (Å²) in [6.07, 6.45) is 0.962. The molecule has 0 radical (unpaired) electrons. The molecule has 22 heavy (non-hydrogen) atoms. The molecule has 2 unspecified atom stereocenters. The van der Waals surface area contributed by atoms with E-state index >= 15 is 0 Å². The minimum absolute atomic E-state index is 0.104. The monoisotopic (exact) mass is 305 g/mol. The fraction of sp³-hybridized carbons (Fsp3) is 0.588.